The molecule has 0 aliphatic carbocycles. The number of hydrogen-bond acceptors (Lipinski definition) is 7. The molecule has 0 atom stereocenters. The maximum atomic E-state index is 13.9. The third-order valence-electron chi connectivity index (χ3n) is 3.94. The molecule has 0 unspecified atom stereocenters. The predicted octanol–water partition coefficient (Wildman–Crippen LogP) is 2.33. The summed E-state index contributed by atoms with van der Waals surface area (Å²) in [7, 11) is 5.84. The Morgan fingerprint density at radius 2 is 1.59 bits per heavy atom. The lowest BCUT2D eigenvalue weighted by Gasteiger charge is -2.14. The van der Waals surface area contributed by atoms with E-state index in [-0.39, 0.29) is 17.9 Å². The van der Waals surface area contributed by atoms with E-state index in [0.717, 1.165) is 6.07 Å². The van der Waals surface area contributed by atoms with Gasteiger partial charge in [0.25, 0.3) is 5.91 Å². The van der Waals surface area contributed by atoms with Crippen molar-refractivity contribution in [1.29, 1.82) is 0 Å². The van der Waals surface area contributed by atoms with Gasteiger partial charge >= 0.3 is 5.97 Å². The summed E-state index contributed by atoms with van der Waals surface area (Å²) >= 11 is 0. The molecule has 1 amide bonds. The third-order valence-corrected chi connectivity index (χ3v) is 3.94. The van der Waals surface area contributed by atoms with Crippen molar-refractivity contribution >= 4 is 11.9 Å². The van der Waals surface area contributed by atoms with Crippen LogP contribution in [0.3, 0.4) is 0 Å². The molecule has 0 aliphatic rings. The molecule has 1 N–H and O–H groups in total. The van der Waals surface area contributed by atoms with Crippen LogP contribution in [0, 0.1) is 5.82 Å². The summed E-state index contributed by atoms with van der Waals surface area (Å²) < 4.78 is 39.3. The van der Waals surface area contributed by atoms with Gasteiger partial charge in [-0.2, -0.15) is 0 Å². The van der Waals surface area contributed by atoms with Crippen LogP contribution in [0.25, 0.3) is 0 Å². The number of methoxy groups -OCH3 is 4. The van der Waals surface area contributed by atoms with E-state index in [1.165, 1.54) is 40.6 Å². The van der Waals surface area contributed by atoms with Gasteiger partial charge in [-0.3, -0.25) is 4.79 Å². The molecule has 2 aromatic rings. The summed E-state index contributed by atoms with van der Waals surface area (Å²) in [5.74, 6) is -0.723. The van der Waals surface area contributed by atoms with Gasteiger partial charge in [0.05, 0.1) is 34.0 Å². The number of nitrogens with one attached hydrogen (secondary N) is 1. The second-order valence-electron chi connectivity index (χ2n) is 5.73. The molecule has 2 rings (SSSR count). The molecule has 156 valence electrons. The quantitative estimate of drug-likeness (QED) is 0.638. The molecular formula is C20H22FNO7. The van der Waals surface area contributed by atoms with Crippen molar-refractivity contribution in [3.63, 3.8) is 0 Å². The van der Waals surface area contributed by atoms with Gasteiger partial charge < -0.3 is 29.0 Å². The first-order valence-electron chi connectivity index (χ1n) is 8.49. The number of carbonyl (C=O) groups excluding carboxylic acids is 2. The minimum atomic E-state index is -0.951. The zero-order chi connectivity index (χ0) is 21.4. The summed E-state index contributed by atoms with van der Waals surface area (Å²) in [6.45, 7) is -0.432. The average Bonchev–Trinajstić information content (AvgIpc) is 2.74. The summed E-state index contributed by atoms with van der Waals surface area (Å²) in [5, 5.41) is 2.60. The number of rotatable bonds is 9. The summed E-state index contributed by atoms with van der Waals surface area (Å²) in [6, 6.07) is 7.07. The lowest BCUT2D eigenvalue weighted by Crippen LogP contribution is -2.28. The first-order valence-corrected chi connectivity index (χ1v) is 8.49. The van der Waals surface area contributed by atoms with E-state index in [4.69, 9.17) is 23.7 Å². The minimum absolute atomic E-state index is 0.129. The van der Waals surface area contributed by atoms with Crippen molar-refractivity contribution in [3.8, 4) is 23.0 Å². The van der Waals surface area contributed by atoms with Crippen LogP contribution in [-0.2, 0) is 16.1 Å². The highest BCUT2D eigenvalue weighted by Gasteiger charge is 2.17. The number of ether oxygens (including phenoxy) is 5. The molecule has 2 aromatic carbocycles. The van der Waals surface area contributed by atoms with Crippen LogP contribution < -0.4 is 24.3 Å². The minimum Gasteiger partial charge on any atom is -0.497 e. The average molecular weight is 407 g/mol. The van der Waals surface area contributed by atoms with Gasteiger partial charge in [0.1, 0.15) is 11.6 Å². The summed E-state index contributed by atoms with van der Waals surface area (Å²) in [4.78, 5) is 23.9. The molecule has 0 spiro atoms. The van der Waals surface area contributed by atoms with Crippen molar-refractivity contribution < 1.29 is 37.7 Å². The fourth-order valence-electron chi connectivity index (χ4n) is 2.49. The molecule has 8 nitrogen and oxygen atoms in total. The standard InChI is InChI=1S/C20H22FNO7/c1-25-13-5-6-14(15(21)9-13)20(24)29-11-18(23)22-10-12-7-16(26-2)19(28-4)17(8-12)27-3/h5-9H,10-11H2,1-4H3,(H,22,23). The molecule has 29 heavy (non-hydrogen) atoms. The Hall–Kier alpha value is -3.49. The summed E-state index contributed by atoms with van der Waals surface area (Å²) in [5.41, 5.74) is 0.392. The van der Waals surface area contributed by atoms with E-state index in [9.17, 15) is 14.0 Å². The molecule has 0 radical (unpaired) electrons. The Labute approximate surface area is 167 Å². The Kier molecular flexibility index (Phi) is 7.64. The molecule has 0 saturated heterocycles. The Bertz CT molecular complexity index is 860. The monoisotopic (exact) mass is 407 g/mol. The van der Waals surface area contributed by atoms with Gasteiger partial charge in [0.2, 0.25) is 5.75 Å². The molecule has 9 heteroatoms. The largest absolute Gasteiger partial charge is 0.497 e. The third kappa shape index (κ3) is 5.50. The van der Waals surface area contributed by atoms with Crippen molar-refractivity contribution in [2.75, 3.05) is 35.0 Å². The predicted molar refractivity (Wildman–Crippen MR) is 101 cm³/mol. The Morgan fingerprint density at radius 3 is 2.10 bits per heavy atom. The smallest absolute Gasteiger partial charge is 0.341 e. The lowest BCUT2D eigenvalue weighted by atomic mass is 10.1. The highest BCUT2D eigenvalue weighted by Crippen LogP contribution is 2.38. The van der Waals surface area contributed by atoms with Crippen LogP contribution >= 0.6 is 0 Å². The van der Waals surface area contributed by atoms with Crippen LogP contribution in [0.2, 0.25) is 0 Å². The van der Waals surface area contributed by atoms with Crippen LogP contribution in [-0.4, -0.2) is 46.9 Å². The number of halogens is 1. The van der Waals surface area contributed by atoms with Crippen LogP contribution in [0.5, 0.6) is 23.0 Å². The topological polar surface area (TPSA) is 92.3 Å². The lowest BCUT2D eigenvalue weighted by molar-refractivity contribution is -0.124. The van der Waals surface area contributed by atoms with E-state index in [2.05, 4.69) is 5.32 Å². The molecule has 0 aromatic heterocycles. The highest BCUT2D eigenvalue weighted by molar-refractivity contribution is 5.91. The van der Waals surface area contributed by atoms with Crippen molar-refractivity contribution in [2.24, 2.45) is 0 Å². The maximum Gasteiger partial charge on any atom is 0.341 e. The first-order chi connectivity index (χ1) is 13.9. The fraction of sp³-hybridized carbons (Fsp3) is 0.300. The van der Waals surface area contributed by atoms with Gasteiger partial charge in [-0.25, -0.2) is 9.18 Å². The Morgan fingerprint density at radius 1 is 0.931 bits per heavy atom. The number of hydrogen-bond donors (Lipinski definition) is 1. The fourth-order valence-corrected chi connectivity index (χ4v) is 2.49. The van der Waals surface area contributed by atoms with Crippen LogP contribution in [0.4, 0.5) is 4.39 Å². The molecule has 0 bridgehead atoms. The number of esters is 1. The van der Waals surface area contributed by atoms with E-state index in [1.54, 1.807) is 12.1 Å². The normalized spacial score (nSPS) is 10.1. The van der Waals surface area contributed by atoms with E-state index in [1.807, 2.05) is 0 Å². The van der Waals surface area contributed by atoms with Crippen LogP contribution in [0.15, 0.2) is 30.3 Å². The SMILES string of the molecule is COc1ccc(C(=O)OCC(=O)NCc2cc(OC)c(OC)c(OC)c2)c(F)c1. The van der Waals surface area contributed by atoms with Crippen molar-refractivity contribution in [3.05, 3.63) is 47.3 Å². The summed E-state index contributed by atoms with van der Waals surface area (Å²) in [6.07, 6.45) is 0. The zero-order valence-electron chi connectivity index (χ0n) is 16.5. The maximum absolute atomic E-state index is 13.9. The first kappa shape index (κ1) is 21.8. The number of carbonyl (C=O) groups is 2. The van der Waals surface area contributed by atoms with E-state index in [0.29, 0.717) is 22.8 Å². The molecule has 0 saturated carbocycles. The van der Waals surface area contributed by atoms with Gasteiger partial charge in [-0.1, -0.05) is 0 Å². The zero-order valence-corrected chi connectivity index (χ0v) is 16.5. The molecule has 0 fully saturated rings. The second-order valence-corrected chi connectivity index (χ2v) is 5.73. The van der Waals surface area contributed by atoms with Gasteiger partial charge in [-0.05, 0) is 29.8 Å². The van der Waals surface area contributed by atoms with Gasteiger partial charge in [-0.15, -0.1) is 0 Å². The van der Waals surface area contributed by atoms with Crippen molar-refractivity contribution in [2.45, 2.75) is 6.54 Å². The number of amides is 1. The van der Waals surface area contributed by atoms with Gasteiger partial charge in [0.15, 0.2) is 18.1 Å². The van der Waals surface area contributed by atoms with Gasteiger partial charge in [0, 0.05) is 12.6 Å². The molecule has 0 heterocycles. The van der Waals surface area contributed by atoms with E-state index < -0.39 is 24.3 Å². The molecular weight excluding hydrogens is 385 g/mol. The van der Waals surface area contributed by atoms with E-state index >= 15 is 0 Å². The highest BCUT2D eigenvalue weighted by atomic mass is 19.1. The van der Waals surface area contributed by atoms with Crippen LogP contribution in [0.1, 0.15) is 15.9 Å². The Balaban J connectivity index is 1.94. The van der Waals surface area contributed by atoms with Crippen molar-refractivity contribution in [1.82, 2.24) is 5.32 Å². The second kappa shape index (κ2) is 10.2. The molecule has 0 aliphatic heterocycles. The number of benzene rings is 2.